The van der Waals surface area contributed by atoms with Gasteiger partial charge in [-0.05, 0) is 20.3 Å². The minimum Gasteiger partial charge on any atom is -0.477 e. The summed E-state index contributed by atoms with van der Waals surface area (Å²) in [5, 5.41) is 27.4. The van der Waals surface area contributed by atoms with Crippen molar-refractivity contribution in [2.75, 3.05) is 20.2 Å². The highest BCUT2D eigenvalue weighted by Crippen LogP contribution is 2.49. The lowest BCUT2D eigenvalue weighted by Crippen LogP contribution is -2.65. The number of fused-ring (bicyclic) bond motifs is 1. The number of carbonyl (C=O) groups is 2. The first-order valence-electron chi connectivity index (χ1n) is 8.26. The van der Waals surface area contributed by atoms with Crippen molar-refractivity contribution < 1.29 is 24.5 Å². The Morgan fingerprint density at radius 2 is 2.16 bits per heavy atom. The van der Waals surface area contributed by atoms with Crippen LogP contribution in [-0.2, 0) is 14.3 Å². The van der Waals surface area contributed by atoms with Gasteiger partial charge >= 0.3 is 5.97 Å². The average Bonchev–Trinajstić information content (AvgIpc) is 3.08. The van der Waals surface area contributed by atoms with E-state index in [4.69, 9.17) is 10.1 Å². The molecule has 138 valence electrons. The van der Waals surface area contributed by atoms with E-state index in [2.05, 4.69) is 0 Å². The second-order valence-corrected chi connectivity index (χ2v) is 8.04. The molecule has 0 radical (unpaired) electrons. The quantitative estimate of drug-likeness (QED) is 0.363. The van der Waals surface area contributed by atoms with Gasteiger partial charge in [0.05, 0.1) is 23.9 Å². The summed E-state index contributed by atoms with van der Waals surface area (Å²) in [5.74, 6) is -1.65. The Morgan fingerprint density at radius 1 is 1.48 bits per heavy atom. The van der Waals surface area contributed by atoms with Gasteiger partial charge in [-0.25, -0.2) is 4.79 Å². The number of aliphatic hydroxyl groups is 1. The SMILES string of the molecule is COC1C(SC2CCN(C(C)=N)C2)=C(C(=O)O)N2C(=O)C(C(C)O)[C@@H]12. The molecule has 0 aromatic rings. The Balaban J connectivity index is 1.87. The van der Waals surface area contributed by atoms with Gasteiger partial charge in [0.2, 0.25) is 5.91 Å². The Bertz CT molecular complexity index is 650. The number of β-lactam (4-membered cyclic amide) rings is 1. The maximum Gasteiger partial charge on any atom is 0.353 e. The fourth-order valence-corrected chi connectivity index (χ4v) is 5.41. The zero-order chi connectivity index (χ0) is 18.5. The van der Waals surface area contributed by atoms with Crippen molar-refractivity contribution in [1.29, 1.82) is 5.41 Å². The summed E-state index contributed by atoms with van der Waals surface area (Å²) in [4.78, 5) is 27.9. The summed E-state index contributed by atoms with van der Waals surface area (Å²) in [6.45, 7) is 4.72. The zero-order valence-electron chi connectivity index (χ0n) is 14.4. The number of carboxylic acids is 1. The molecule has 0 aromatic heterocycles. The highest BCUT2D eigenvalue weighted by atomic mass is 32.2. The van der Waals surface area contributed by atoms with Crippen LogP contribution in [0, 0.1) is 11.3 Å². The van der Waals surface area contributed by atoms with Crippen LogP contribution in [0.15, 0.2) is 10.6 Å². The second-order valence-electron chi connectivity index (χ2n) is 6.70. The number of methoxy groups -OCH3 is 1. The number of amidine groups is 1. The van der Waals surface area contributed by atoms with Crippen LogP contribution in [0.1, 0.15) is 20.3 Å². The lowest BCUT2D eigenvalue weighted by atomic mass is 9.82. The summed E-state index contributed by atoms with van der Waals surface area (Å²) >= 11 is 1.43. The average molecular weight is 369 g/mol. The smallest absolute Gasteiger partial charge is 0.353 e. The number of aliphatic carboxylic acids is 1. The van der Waals surface area contributed by atoms with E-state index in [0.717, 1.165) is 13.0 Å². The molecule has 0 bridgehead atoms. The van der Waals surface area contributed by atoms with Gasteiger partial charge in [-0.1, -0.05) is 0 Å². The van der Waals surface area contributed by atoms with E-state index in [1.54, 1.807) is 13.8 Å². The number of hydrogen-bond donors (Lipinski definition) is 3. The fraction of sp³-hybridized carbons (Fsp3) is 0.688. The Kier molecular flexibility index (Phi) is 4.82. The number of carbonyl (C=O) groups excluding carboxylic acids is 1. The van der Waals surface area contributed by atoms with E-state index in [0.29, 0.717) is 17.3 Å². The van der Waals surface area contributed by atoms with Crippen molar-refractivity contribution in [2.45, 2.75) is 43.8 Å². The van der Waals surface area contributed by atoms with Gasteiger partial charge in [-0.2, -0.15) is 0 Å². The molecule has 5 atom stereocenters. The lowest BCUT2D eigenvalue weighted by molar-refractivity contribution is -0.166. The van der Waals surface area contributed by atoms with Gasteiger partial charge in [-0.3, -0.25) is 15.1 Å². The molecular formula is C16H23N3O5S. The summed E-state index contributed by atoms with van der Waals surface area (Å²) in [5.41, 5.74) is -0.0197. The van der Waals surface area contributed by atoms with Crippen molar-refractivity contribution in [2.24, 2.45) is 5.92 Å². The third-order valence-corrected chi connectivity index (χ3v) is 6.52. The minimum absolute atomic E-state index is 0.0197. The van der Waals surface area contributed by atoms with E-state index in [-0.39, 0.29) is 16.9 Å². The fourth-order valence-electron chi connectivity index (χ4n) is 3.90. The number of ether oxygens (including phenoxy) is 1. The van der Waals surface area contributed by atoms with Crippen molar-refractivity contribution >= 4 is 29.5 Å². The molecule has 1 amide bonds. The molecule has 0 spiro atoms. The van der Waals surface area contributed by atoms with E-state index in [1.165, 1.54) is 23.8 Å². The number of amides is 1. The number of likely N-dealkylation sites (tertiary alicyclic amines) is 1. The third kappa shape index (κ3) is 2.84. The number of nitrogens with zero attached hydrogens (tertiary/aromatic N) is 2. The molecule has 0 aromatic carbocycles. The predicted molar refractivity (Wildman–Crippen MR) is 92.2 cm³/mol. The first kappa shape index (κ1) is 18.2. The molecule has 25 heavy (non-hydrogen) atoms. The van der Waals surface area contributed by atoms with Crippen molar-refractivity contribution in [1.82, 2.24) is 9.80 Å². The third-order valence-electron chi connectivity index (χ3n) is 5.12. The van der Waals surface area contributed by atoms with Crippen LogP contribution in [0.5, 0.6) is 0 Å². The molecule has 3 aliphatic rings. The number of hydrogen-bond acceptors (Lipinski definition) is 6. The van der Waals surface area contributed by atoms with E-state index in [9.17, 15) is 19.8 Å². The maximum absolute atomic E-state index is 12.4. The molecule has 3 rings (SSSR count). The summed E-state index contributed by atoms with van der Waals surface area (Å²) in [7, 11) is 1.50. The Hall–Kier alpha value is -1.58. The molecular weight excluding hydrogens is 346 g/mol. The number of aliphatic hydroxyl groups excluding tert-OH is 1. The Morgan fingerprint density at radius 3 is 2.64 bits per heavy atom. The molecule has 3 aliphatic heterocycles. The van der Waals surface area contributed by atoms with Crippen molar-refractivity contribution in [3.05, 3.63) is 10.6 Å². The van der Waals surface area contributed by atoms with E-state index >= 15 is 0 Å². The largest absolute Gasteiger partial charge is 0.477 e. The van der Waals surface area contributed by atoms with Gasteiger partial charge in [0.15, 0.2) is 0 Å². The molecule has 8 nitrogen and oxygen atoms in total. The van der Waals surface area contributed by atoms with Crippen molar-refractivity contribution in [3.8, 4) is 0 Å². The standard InChI is InChI=1S/C16H23N3O5S/c1-7(20)10-11-13(24-3)14(12(16(22)23)19(11)15(10)21)25-9-4-5-18(6-9)8(2)17/h7,9-11,13,17,20H,4-6H2,1-3H3,(H,22,23)/t7?,9?,10?,11-,13?/m0/s1. The molecule has 3 N–H and O–H groups in total. The van der Waals surface area contributed by atoms with Crippen LogP contribution in [-0.4, -0.2) is 81.4 Å². The monoisotopic (exact) mass is 369 g/mol. The van der Waals surface area contributed by atoms with Crippen molar-refractivity contribution in [3.63, 3.8) is 0 Å². The zero-order valence-corrected chi connectivity index (χ0v) is 15.2. The van der Waals surface area contributed by atoms with Gasteiger partial charge < -0.3 is 19.8 Å². The highest BCUT2D eigenvalue weighted by Gasteiger charge is 2.62. The second kappa shape index (κ2) is 6.62. The van der Waals surface area contributed by atoms with E-state index < -0.39 is 30.1 Å². The van der Waals surface area contributed by atoms with E-state index in [1.807, 2.05) is 4.90 Å². The number of carboxylic acid groups (broad SMARTS) is 1. The minimum atomic E-state index is -1.15. The topological polar surface area (TPSA) is 114 Å². The summed E-state index contributed by atoms with van der Waals surface area (Å²) < 4.78 is 5.55. The van der Waals surface area contributed by atoms with Crippen LogP contribution < -0.4 is 0 Å². The van der Waals surface area contributed by atoms with Crippen LogP contribution in [0.4, 0.5) is 0 Å². The number of rotatable bonds is 5. The van der Waals surface area contributed by atoms with Gasteiger partial charge in [0, 0.05) is 30.4 Å². The molecule has 0 saturated carbocycles. The normalized spacial score (nSPS) is 32.7. The lowest BCUT2D eigenvalue weighted by Gasteiger charge is -2.46. The van der Waals surface area contributed by atoms with Gasteiger partial charge in [-0.15, -0.1) is 11.8 Å². The van der Waals surface area contributed by atoms with Crippen LogP contribution in [0.2, 0.25) is 0 Å². The maximum atomic E-state index is 12.4. The molecule has 2 fully saturated rings. The highest BCUT2D eigenvalue weighted by molar-refractivity contribution is 8.03. The molecule has 2 saturated heterocycles. The van der Waals surface area contributed by atoms with Gasteiger partial charge in [0.25, 0.3) is 0 Å². The molecule has 0 aliphatic carbocycles. The number of thioether (sulfide) groups is 1. The van der Waals surface area contributed by atoms with Gasteiger partial charge in [0.1, 0.15) is 11.8 Å². The Labute approximate surface area is 150 Å². The van der Waals surface area contributed by atoms with Crippen LogP contribution >= 0.6 is 11.8 Å². The number of nitrogens with one attached hydrogen (secondary N) is 1. The molecule has 3 heterocycles. The first-order valence-corrected chi connectivity index (χ1v) is 9.14. The summed E-state index contributed by atoms with van der Waals surface area (Å²) in [6, 6.07) is -0.465. The predicted octanol–water partition coefficient (Wildman–Crippen LogP) is 0.324. The summed E-state index contributed by atoms with van der Waals surface area (Å²) in [6.07, 6.45) is -0.552. The molecule has 4 unspecified atom stereocenters. The van der Waals surface area contributed by atoms with Crippen LogP contribution in [0.25, 0.3) is 0 Å². The molecule has 9 heteroatoms. The van der Waals surface area contributed by atoms with Crippen LogP contribution in [0.3, 0.4) is 0 Å². The first-order chi connectivity index (χ1) is 11.8.